The number of amides is 2. The second-order valence-corrected chi connectivity index (χ2v) is 8.41. The lowest BCUT2D eigenvalue weighted by Gasteiger charge is -2.46. The minimum Gasteiger partial charge on any atom is -0.450 e. The maximum absolute atomic E-state index is 12.6. The van der Waals surface area contributed by atoms with Crippen LogP contribution < -0.4 is 4.90 Å². The Hall–Kier alpha value is -2.35. The fourth-order valence-electron chi connectivity index (χ4n) is 4.96. The standard InChI is InChI=1S/C22H32N4O4/c1-3-26-19-18(6-5-11-23-19)22(30-21(26)28)9-14-24(15-10-22)16-17-7-12-25(13-8-17)20(27)29-4-2/h5-6,11,17H,3-4,7-10,12-16H2,1-2H3. The molecule has 0 unspecified atom stereocenters. The van der Waals surface area contributed by atoms with Crippen molar-refractivity contribution >= 4 is 18.0 Å². The van der Waals surface area contributed by atoms with Crippen LogP contribution in [0.1, 0.15) is 45.1 Å². The predicted molar refractivity (Wildman–Crippen MR) is 112 cm³/mol. The molecule has 0 aromatic carbocycles. The fraction of sp³-hybridized carbons (Fsp3) is 0.682. The molecule has 30 heavy (non-hydrogen) atoms. The van der Waals surface area contributed by atoms with E-state index in [2.05, 4.69) is 16.0 Å². The van der Waals surface area contributed by atoms with Crippen molar-refractivity contribution in [1.29, 1.82) is 0 Å². The summed E-state index contributed by atoms with van der Waals surface area (Å²) in [5, 5.41) is 0. The number of piperidine rings is 2. The van der Waals surface area contributed by atoms with E-state index in [1.54, 1.807) is 11.1 Å². The van der Waals surface area contributed by atoms with Crippen molar-refractivity contribution in [3.8, 4) is 0 Å². The molecule has 2 fully saturated rings. The number of likely N-dealkylation sites (tertiary alicyclic amines) is 2. The maximum atomic E-state index is 12.6. The average molecular weight is 417 g/mol. The first-order chi connectivity index (χ1) is 14.6. The summed E-state index contributed by atoms with van der Waals surface area (Å²) in [5.74, 6) is 1.33. The van der Waals surface area contributed by atoms with E-state index in [9.17, 15) is 9.59 Å². The molecule has 0 radical (unpaired) electrons. The number of carbonyl (C=O) groups excluding carboxylic acids is 2. The molecule has 0 N–H and O–H groups in total. The Morgan fingerprint density at radius 1 is 1.23 bits per heavy atom. The van der Waals surface area contributed by atoms with Gasteiger partial charge in [0.2, 0.25) is 0 Å². The van der Waals surface area contributed by atoms with Crippen molar-refractivity contribution < 1.29 is 19.1 Å². The van der Waals surface area contributed by atoms with Gasteiger partial charge in [0.15, 0.2) is 0 Å². The van der Waals surface area contributed by atoms with Crippen LogP contribution in [-0.4, -0.2) is 72.8 Å². The minimum absolute atomic E-state index is 0.191. The quantitative estimate of drug-likeness (QED) is 0.750. The Bertz CT molecular complexity index is 770. The van der Waals surface area contributed by atoms with Gasteiger partial charge in [0.05, 0.1) is 6.61 Å². The number of carbonyl (C=O) groups is 2. The van der Waals surface area contributed by atoms with Crippen molar-refractivity contribution in [2.75, 3.05) is 50.8 Å². The third-order valence-corrected chi connectivity index (χ3v) is 6.67. The Balaban J connectivity index is 1.34. The van der Waals surface area contributed by atoms with Gasteiger partial charge in [0, 0.05) is 63.9 Å². The molecule has 3 aliphatic heterocycles. The second-order valence-electron chi connectivity index (χ2n) is 8.41. The van der Waals surface area contributed by atoms with Gasteiger partial charge in [-0.1, -0.05) is 0 Å². The van der Waals surface area contributed by atoms with Gasteiger partial charge < -0.3 is 19.3 Å². The van der Waals surface area contributed by atoms with Gasteiger partial charge in [-0.15, -0.1) is 0 Å². The van der Waals surface area contributed by atoms with Crippen molar-refractivity contribution in [3.05, 3.63) is 23.9 Å². The number of fused-ring (bicyclic) bond motifs is 2. The molecule has 0 atom stereocenters. The first kappa shape index (κ1) is 20.9. The molecule has 1 spiro atoms. The van der Waals surface area contributed by atoms with Crippen LogP contribution in [0.15, 0.2) is 18.3 Å². The van der Waals surface area contributed by atoms with E-state index >= 15 is 0 Å². The number of anilines is 1. The molecule has 4 rings (SSSR count). The molecule has 8 nitrogen and oxygen atoms in total. The molecule has 1 aromatic rings. The Kier molecular flexibility index (Phi) is 6.13. The number of pyridine rings is 1. The third-order valence-electron chi connectivity index (χ3n) is 6.67. The van der Waals surface area contributed by atoms with Crippen LogP contribution in [0.5, 0.6) is 0 Å². The van der Waals surface area contributed by atoms with Gasteiger partial charge in [-0.3, -0.25) is 4.90 Å². The average Bonchev–Trinajstić information content (AvgIpc) is 2.76. The van der Waals surface area contributed by atoms with E-state index < -0.39 is 5.60 Å². The Morgan fingerprint density at radius 3 is 2.63 bits per heavy atom. The lowest BCUT2D eigenvalue weighted by molar-refractivity contribution is -0.0457. The van der Waals surface area contributed by atoms with E-state index in [4.69, 9.17) is 9.47 Å². The SMILES string of the molecule is CCOC(=O)N1CCC(CN2CCC3(CC2)OC(=O)N(CC)c2ncccc23)CC1. The maximum Gasteiger partial charge on any atom is 0.416 e. The van der Waals surface area contributed by atoms with E-state index in [1.165, 1.54) is 0 Å². The second kappa shape index (κ2) is 8.79. The summed E-state index contributed by atoms with van der Waals surface area (Å²) in [7, 11) is 0. The van der Waals surface area contributed by atoms with Crippen molar-refractivity contribution in [3.63, 3.8) is 0 Å². The largest absolute Gasteiger partial charge is 0.450 e. The summed E-state index contributed by atoms with van der Waals surface area (Å²) < 4.78 is 11.1. The number of hydrogen-bond acceptors (Lipinski definition) is 6. The molecule has 3 aliphatic rings. The molecule has 8 heteroatoms. The lowest BCUT2D eigenvalue weighted by Crippen LogP contribution is -2.52. The van der Waals surface area contributed by atoms with Gasteiger partial charge in [-0.2, -0.15) is 0 Å². The highest BCUT2D eigenvalue weighted by Gasteiger charge is 2.47. The number of rotatable bonds is 4. The molecule has 4 heterocycles. The number of nitrogens with zero attached hydrogens (tertiary/aromatic N) is 4. The molecule has 164 valence electrons. The monoisotopic (exact) mass is 416 g/mol. The van der Waals surface area contributed by atoms with Crippen LogP contribution in [0.3, 0.4) is 0 Å². The van der Waals surface area contributed by atoms with Crippen LogP contribution >= 0.6 is 0 Å². The third kappa shape index (κ3) is 3.97. The molecule has 1 aromatic heterocycles. The van der Waals surface area contributed by atoms with E-state index in [0.717, 1.165) is 69.8 Å². The van der Waals surface area contributed by atoms with Gasteiger partial charge in [0.1, 0.15) is 11.4 Å². The topological polar surface area (TPSA) is 75.2 Å². The van der Waals surface area contributed by atoms with E-state index in [0.29, 0.717) is 19.1 Å². The number of ether oxygens (including phenoxy) is 2. The van der Waals surface area contributed by atoms with Gasteiger partial charge >= 0.3 is 12.2 Å². The van der Waals surface area contributed by atoms with Crippen LogP contribution in [0.4, 0.5) is 15.4 Å². The van der Waals surface area contributed by atoms with Gasteiger partial charge in [0.25, 0.3) is 0 Å². The zero-order valence-corrected chi connectivity index (χ0v) is 18.0. The first-order valence-electron chi connectivity index (χ1n) is 11.2. The summed E-state index contributed by atoms with van der Waals surface area (Å²) in [6.07, 6.45) is 4.85. The van der Waals surface area contributed by atoms with Crippen molar-refractivity contribution in [2.45, 2.75) is 45.1 Å². The first-order valence-corrected chi connectivity index (χ1v) is 11.2. The Labute approximate surface area is 178 Å². The highest BCUT2D eigenvalue weighted by atomic mass is 16.6. The van der Waals surface area contributed by atoms with E-state index in [1.807, 2.05) is 24.8 Å². The normalized spacial score (nSPS) is 22.0. The van der Waals surface area contributed by atoms with Crippen LogP contribution in [0.2, 0.25) is 0 Å². The predicted octanol–water partition coefficient (Wildman–Crippen LogP) is 3.22. The highest BCUT2D eigenvalue weighted by Crippen LogP contribution is 2.44. The van der Waals surface area contributed by atoms with Crippen LogP contribution in [-0.2, 0) is 15.1 Å². The molecule has 2 amide bonds. The summed E-state index contributed by atoms with van der Waals surface area (Å²) in [4.78, 5) is 34.9. The molecular formula is C22H32N4O4. The summed E-state index contributed by atoms with van der Waals surface area (Å²) >= 11 is 0. The lowest BCUT2D eigenvalue weighted by atomic mass is 9.82. The Morgan fingerprint density at radius 2 is 1.97 bits per heavy atom. The molecule has 0 bridgehead atoms. The van der Waals surface area contributed by atoms with Crippen molar-refractivity contribution in [1.82, 2.24) is 14.8 Å². The minimum atomic E-state index is -0.559. The summed E-state index contributed by atoms with van der Waals surface area (Å²) in [6.45, 7) is 9.11. The fourth-order valence-corrected chi connectivity index (χ4v) is 4.96. The highest BCUT2D eigenvalue weighted by molar-refractivity contribution is 5.90. The molecule has 2 saturated heterocycles. The number of hydrogen-bond donors (Lipinski definition) is 0. The van der Waals surface area contributed by atoms with Gasteiger partial charge in [-0.25, -0.2) is 14.6 Å². The summed E-state index contributed by atoms with van der Waals surface area (Å²) in [5.41, 5.74) is 0.477. The summed E-state index contributed by atoms with van der Waals surface area (Å²) in [6, 6.07) is 3.98. The van der Waals surface area contributed by atoms with Crippen LogP contribution in [0.25, 0.3) is 0 Å². The zero-order chi connectivity index (χ0) is 21.1. The molecule has 0 aliphatic carbocycles. The van der Waals surface area contributed by atoms with Crippen molar-refractivity contribution in [2.24, 2.45) is 5.92 Å². The molecule has 0 saturated carbocycles. The molecular weight excluding hydrogens is 384 g/mol. The van der Waals surface area contributed by atoms with Crippen LogP contribution in [0, 0.1) is 5.92 Å². The zero-order valence-electron chi connectivity index (χ0n) is 18.0. The van der Waals surface area contributed by atoms with Gasteiger partial charge in [-0.05, 0) is 44.7 Å². The van der Waals surface area contributed by atoms with E-state index in [-0.39, 0.29) is 12.2 Å². The number of aromatic nitrogens is 1. The smallest absolute Gasteiger partial charge is 0.416 e.